The zero-order chi connectivity index (χ0) is 15.1. The van der Waals surface area contributed by atoms with Crippen molar-refractivity contribution in [3.63, 3.8) is 0 Å². The van der Waals surface area contributed by atoms with Crippen LogP contribution in [0.4, 0.5) is 0 Å². The topological polar surface area (TPSA) is 18.5 Å². The highest BCUT2D eigenvalue weighted by molar-refractivity contribution is 5.27. The summed E-state index contributed by atoms with van der Waals surface area (Å²) in [6, 6.07) is 9.59. The smallest absolute Gasteiger partial charge is 0.0239 e. The maximum absolute atomic E-state index is 3.43. The van der Waals surface area contributed by atoms with Gasteiger partial charge in [-0.2, -0.15) is 0 Å². The molecule has 0 spiro atoms. The molecule has 21 heavy (non-hydrogen) atoms. The highest BCUT2D eigenvalue weighted by Gasteiger charge is 2.20. The fourth-order valence-electron chi connectivity index (χ4n) is 3.23. The molecule has 1 aliphatic heterocycles. The van der Waals surface area contributed by atoms with Gasteiger partial charge in [0.2, 0.25) is 0 Å². The van der Waals surface area contributed by atoms with Crippen LogP contribution < -0.4 is 5.32 Å². The Labute approximate surface area is 130 Å². The molecule has 1 heterocycles. The summed E-state index contributed by atoms with van der Waals surface area (Å²) < 4.78 is 0. The van der Waals surface area contributed by atoms with Gasteiger partial charge < -0.3 is 10.2 Å². The van der Waals surface area contributed by atoms with Crippen LogP contribution in [0.3, 0.4) is 0 Å². The van der Waals surface area contributed by atoms with Gasteiger partial charge in [0.15, 0.2) is 0 Å². The van der Waals surface area contributed by atoms with Gasteiger partial charge in [0, 0.05) is 25.7 Å². The second kappa shape index (κ2) is 8.52. The van der Waals surface area contributed by atoms with E-state index < -0.39 is 0 Å². The van der Waals surface area contributed by atoms with E-state index in [1.54, 1.807) is 0 Å². The molecule has 1 aromatic carbocycles. The lowest BCUT2D eigenvalue weighted by Crippen LogP contribution is -2.37. The molecule has 2 rings (SSSR count). The Morgan fingerprint density at radius 3 is 2.71 bits per heavy atom. The average Bonchev–Trinajstić information content (AvgIpc) is 2.62. The van der Waals surface area contributed by atoms with Gasteiger partial charge in [-0.1, -0.05) is 31.2 Å². The van der Waals surface area contributed by atoms with Crippen molar-refractivity contribution < 1.29 is 0 Å². The maximum atomic E-state index is 3.43. The third kappa shape index (κ3) is 5.10. The molecular weight excluding hydrogens is 258 g/mol. The summed E-state index contributed by atoms with van der Waals surface area (Å²) in [4.78, 5) is 5.11. The minimum Gasteiger partial charge on any atom is -0.317 e. The zero-order valence-corrected chi connectivity index (χ0v) is 13.9. The maximum Gasteiger partial charge on any atom is 0.0239 e. The van der Waals surface area contributed by atoms with Gasteiger partial charge in [0.05, 0.1) is 0 Å². The van der Waals surface area contributed by atoms with Crippen molar-refractivity contribution >= 4 is 0 Å². The quantitative estimate of drug-likeness (QED) is 0.811. The highest BCUT2D eigenvalue weighted by atomic mass is 15.2. The monoisotopic (exact) mass is 289 g/mol. The summed E-state index contributed by atoms with van der Waals surface area (Å²) in [7, 11) is 2.24. The van der Waals surface area contributed by atoms with Crippen LogP contribution in [-0.4, -0.2) is 55.6 Å². The normalized spacial score (nSPS) is 21.4. The van der Waals surface area contributed by atoms with Gasteiger partial charge in [-0.3, -0.25) is 4.90 Å². The predicted octanol–water partition coefficient (Wildman–Crippen LogP) is 2.36. The van der Waals surface area contributed by atoms with Crippen LogP contribution in [-0.2, 0) is 13.0 Å². The van der Waals surface area contributed by atoms with Crippen LogP contribution in [0, 0.1) is 0 Å². The Morgan fingerprint density at radius 2 is 1.95 bits per heavy atom. The van der Waals surface area contributed by atoms with E-state index >= 15 is 0 Å². The molecule has 1 saturated heterocycles. The SMILES string of the molecule is CCNCCc1ccccc1CN1CCCN(C)CC1C. The minimum atomic E-state index is 0.638. The second-order valence-corrected chi connectivity index (χ2v) is 6.31. The number of hydrogen-bond donors (Lipinski definition) is 1. The second-order valence-electron chi connectivity index (χ2n) is 6.31. The van der Waals surface area contributed by atoms with Gasteiger partial charge in [-0.05, 0) is 57.6 Å². The molecule has 3 nitrogen and oxygen atoms in total. The first-order valence-corrected chi connectivity index (χ1v) is 8.40. The number of hydrogen-bond acceptors (Lipinski definition) is 3. The molecular formula is C18H31N3. The molecule has 0 bridgehead atoms. The first kappa shape index (κ1) is 16.5. The van der Waals surface area contributed by atoms with Crippen molar-refractivity contribution in [2.24, 2.45) is 0 Å². The van der Waals surface area contributed by atoms with E-state index in [1.807, 2.05) is 0 Å². The fourth-order valence-corrected chi connectivity index (χ4v) is 3.23. The van der Waals surface area contributed by atoms with Crippen molar-refractivity contribution in [3.8, 4) is 0 Å². The van der Waals surface area contributed by atoms with Crippen molar-refractivity contribution in [3.05, 3.63) is 35.4 Å². The molecule has 1 unspecified atom stereocenters. The first-order chi connectivity index (χ1) is 10.2. The molecule has 0 aromatic heterocycles. The van der Waals surface area contributed by atoms with Crippen molar-refractivity contribution in [2.75, 3.05) is 39.8 Å². The van der Waals surface area contributed by atoms with Crippen molar-refractivity contribution in [1.82, 2.24) is 15.1 Å². The summed E-state index contributed by atoms with van der Waals surface area (Å²) >= 11 is 0. The summed E-state index contributed by atoms with van der Waals surface area (Å²) in [6.07, 6.45) is 2.41. The van der Waals surface area contributed by atoms with Crippen LogP contribution in [0.5, 0.6) is 0 Å². The summed E-state index contributed by atoms with van der Waals surface area (Å²) in [5.41, 5.74) is 3.01. The van der Waals surface area contributed by atoms with Crippen LogP contribution >= 0.6 is 0 Å². The van der Waals surface area contributed by atoms with E-state index in [4.69, 9.17) is 0 Å². The third-order valence-electron chi connectivity index (χ3n) is 4.50. The zero-order valence-electron chi connectivity index (χ0n) is 13.9. The van der Waals surface area contributed by atoms with Crippen LogP contribution in [0.1, 0.15) is 31.4 Å². The number of nitrogens with zero attached hydrogens (tertiary/aromatic N) is 2. The van der Waals surface area contributed by atoms with Gasteiger partial charge >= 0.3 is 0 Å². The molecule has 0 radical (unpaired) electrons. The standard InChI is InChI=1S/C18H31N3/c1-4-19-11-10-17-8-5-6-9-18(17)15-21-13-7-12-20(3)14-16(21)2/h5-6,8-9,16,19H,4,7,10-15H2,1-3H3. The highest BCUT2D eigenvalue weighted by Crippen LogP contribution is 2.16. The lowest BCUT2D eigenvalue weighted by atomic mass is 10.0. The Hall–Kier alpha value is -0.900. The van der Waals surface area contributed by atoms with Gasteiger partial charge in [-0.25, -0.2) is 0 Å². The number of rotatable bonds is 6. The lowest BCUT2D eigenvalue weighted by molar-refractivity contribution is 0.194. The number of nitrogens with one attached hydrogen (secondary N) is 1. The predicted molar refractivity (Wildman–Crippen MR) is 90.7 cm³/mol. The molecule has 1 aromatic rings. The van der Waals surface area contributed by atoms with Gasteiger partial charge in [0.25, 0.3) is 0 Å². The average molecular weight is 289 g/mol. The Morgan fingerprint density at radius 1 is 1.19 bits per heavy atom. The van der Waals surface area contributed by atoms with E-state index in [0.29, 0.717) is 6.04 Å². The van der Waals surface area contributed by atoms with E-state index in [0.717, 1.165) is 26.1 Å². The Balaban J connectivity index is 2.00. The van der Waals surface area contributed by atoms with Gasteiger partial charge in [-0.15, -0.1) is 0 Å². The molecule has 118 valence electrons. The summed E-state index contributed by atoms with van der Waals surface area (Å²) in [6.45, 7) is 11.4. The van der Waals surface area contributed by atoms with Gasteiger partial charge in [0.1, 0.15) is 0 Å². The van der Waals surface area contributed by atoms with E-state index in [9.17, 15) is 0 Å². The Kier molecular flexibility index (Phi) is 6.68. The molecule has 1 aliphatic rings. The van der Waals surface area contributed by atoms with Crippen LogP contribution in [0.25, 0.3) is 0 Å². The van der Waals surface area contributed by atoms with Crippen molar-refractivity contribution in [2.45, 2.75) is 39.3 Å². The number of benzene rings is 1. The van der Waals surface area contributed by atoms with E-state index in [2.05, 4.69) is 60.3 Å². The molecule has 1 N–H and O–H groups in total. The summed E-state index contributed by atoms with van der Waals surface area (Å²) in [5, 5.41) is 3.43. The fraction of sp³-hybridized carbons (Fsp3) is 0.667. The first-order valence-electron chi connectivity index (χ1n) is 8.40. The van der Waals surface area contributed by atoms with E-state index in [1.165, 1.54) is 37.2 Å². The molecule has 0 amide bonds. The lowest BCUT2D eigenvalue weighted by Gasteiger charge is -2.28. The largest absolute Gasteiger partial charge is 0.317 e. The third-order valence-corrected chi connectivity index (χ3v) is 4.50. The Bertz CT molecular complexity index is 419. The number of likely N-dealkylation sites (N-methyl/N-ethyl adjacent to an activating group) is 2. The summed E-state index contributed by atoms with van der Waals surface area (Å²) in [5.74, 6) is 0. The molecule has 3 heteroatoms. The molecule has 1 atom stereocenters. The van der Waals surface area contributed by atoms with Crippen LogP contribution in [0.2, 0.25) is 0 Å². The van der Waals surface area contributed by atoms with Crippen molar-refractivity contribution in [1.29, 1.82) is 0 Å². The van der Waals surface area contributed by atoms with Crippen LogP contribution in [0.15, 0.2) is 24.3 Å². The van der Waals surface area contributed by atoms with E-state index in [-0.39, 0.29) is 0 Å². The molecule has 0 aliphatic carbocycles. The molecule has 0 saturated carbocycles. The molecule has 1 fully saturated rings. The minimum absolute atomic E-state index is 0.638.